The molecule has 0 aliphatic carbocycles. The van der Waals surface area contributed by atoms with Crippen LogP contribution in [0.4, 0.5) is 24.5 Å². The molecule has 0 aliphatic heterocycles. The topological polar surface area (TPSA) is 79.9 Å². The minimum absolute atomic E-state index is 0.183. The number of benzene rings is 2. The third kappa shape index (κ3) is 6.76. The van der Waals surface area contributed by atoms with E-state index in [2.05, 4.69) is 10.6 Å². The maximum atomic E-state index is 13.1. The zero-order valence-electron chi connectivity index (χ0n) is 17.7. The van der Waals surface area contributed by atoms with Crippen LogP contribution in [0.3, 0.4) is 0 Å². The lowest BCUT2D eigenvalue weighted by atomic mass is 10.1. The molecule has 7 nitrogen and oxygen atoms in total. The summed E-state index contributed by atoms with van der Waals surface area (Å²) in [5, 5.41) is 5.17. The fourth-order valence-corrected chi connectivity index (χ4v) is 3.10. The number of anilines is 2. The highest BCUT2D eigenvalue weighted by molar-refractivity contribution is 6.32. The van der Waals surface area contributed by atoms with E-state index < -0.39 is 23.6 Å². The van der Waals surface area contributed by atoms with E-state index in [0.29, 0.717) is 23.7 Å². The van der Waals surface area contributed by atoms with Crippen molar-refractivity contribution in [1.29, 1.82) is 0 Å². The molecule has 11 heteroatoms. The van der Waals surface area contributed by atoms with Gasteiger partial charge in [0.15, 0.2) is 0 Å². The summed E-state index contributed by atoms with van der Waals surface area (Å²) in [6, 6.07) is 7.66. The largest absolute Gasteiger partial charge is 0.495 e. The number of carbonyl (C=O) groups excluding carboxylic acids is 2. The Morgan fingerprint density at radius 3 is 2.06 bits per heavy atom. The molecular formula is C21H23ClF3N3O4. The number of alkyl halides is 3. The average Bonchev–Trinajstić information content (AvgIpc) is 2.73. The molecule has 0 spiro atoms. The van der Waals surface area contributed by atoms with Gasteiger partial charge in [-0.2, -0.15) is 13.2 Å². The molecule has 2 amide bonds. The first-order chi connectivity index (χ1) is 15.1. The second-order valence-electron chi connectivity index (χ2n) is 6.63. The van der Waals surface area contributed by atoms with E-state index in [4.69, 9.17) is 21.1 Å². The lowest BCUT2D eigenvalue weighted by Gasteiger charge is -2.21. The SMILES string of the molecule is CCN(CC(=O)Nc1cc(Cl)c(OC)cc1OC)CC(=O)Nc1ccccc1C(F)(F)F. The van der Waals surface area contributed by atoms with Gasteiger partial charge < -0.3 is 20.1 Å². The highest BCUT2D eigenvalue weighted by Crippen LogP contribution is 2.36. The number of hydrogen-bond acceptors (Lipinski definition) is 5. The van der Waals surface area contributed by atoms with E-state index >= 15 is 0 Å². The van der Waals surface area contributed by atoms with Crippen LogP contribution in [0.15, 0.2) is 36.4 Å². The summed E-state index contributed by atoms with van der Waals surface area (Å²) >= 11 is 6.09. The maximum absolute atomic E-state index is 13.1. The van der Waals surface area contributed by atoms with E-state index in [1.54, 1.807) is 6.92 Å². The van der Waals surface area contributed by atoms with Crippen molar-refractivity contribution in [3.8, 4) is 11.5 Å². The van der Waals surface area contributed by atoms with Gasteiger partial charge in [-0.15, -0.1) is 0 Å². The van der Waals surface area contributed by atoms with Crippen molar-refractivity contribution in [3.05, 3.63) is 47.0 Å². The molecule has 0 bridgehead atoms. The Kier molecular flexibility index (Phi) is 8.73. The molecule has 2 aromatic carbocycles. The van der Waals surface area contributed by atoms with Gasteiger partial charge in [0.05, 0.1) is 49.3 Å². The number of ether oxygens (including phenoxy) is 2. The molecule has 174 valence electrons. The molecule has 32 heavy (non-hydrogen) atoms. The Balaban J connectivity index is 2.03. The van der Waals surface area contributed by atoms with E-state index in [9.17, 15) is 22.8 Å². The van der Waals surface area contributed by atoms with Crippen LogP contribution in [0.2, 0.25) is 5.02 Å². The van der Waals surface area contributed by atoms with Crippen LogP contribution in [0.5, 0.6) is 11.5 Å². The van der Waals surface area contributed by atoms with Crippen LogP contribution < -0.4 is 20.1 Å². The zero-order valence-corrected chi connectivity index (χ0v) is 18.4. The van der Waals surface area contributed by atoms with Gasteiger partial charge in [0.2, 0.25) is 11.8 Å². The normalized spacial score (nSPS) is 11.2. The number of nitrogens with one attached hydrogen (secondary N) is 2. The fourth-order valence-electron chi connectivity index (χ4n) is 2.86. The van der Waals surface area contributed by atoms with Crippen molar-refractivity contribution >= 4 is 34.8 Å². The Bertz CT molecular complexity index is 970. The molecule has 2 aromatic rings. The molecule has 2 N–H and O–H groups in total. The molecule has 2 rings (SSSR count). The highest BCUT2D eigenvalue weighted by atomic mass is 35.5. The van der Waals surface area contributed by atoms with Gasteiger partial charge in [-0.05, 0) is 24.7 Å². The van der Waals surface area contributed by atoms with Crippen LogP contribution in [-0.4, -0.2) is 50.6 Å². The van der Waals surface area contributed by atoms with Crippen molar-refractivity contribution in [2.45, 2.75) is 13.1 Å². The van der Waals surface area contributed by atoms with E-state index in [1.165, 1.54) is 49.5 Å². The van der Waals surface area contributed by atoms with E-state index in [0.717, 1.165) is 6.07 Å². The standard InChI is InChI=1S/C21H23ClF3N3O4/c1-4-28(11-19(29)26-15-8-6-5-7-13(15)21(23,24)25)12-20(30)27-16-9-14(22)17(31-2)10-18(16)32-3/h5-10H,4,11-12H2,1-3H3,(H,26,29)(H,27,30). The molecule has 0 atom stereocenters. The summed E-state index contributed by atoms with van der Waals surface area (Å²) in [5.41, 5.74) is -0.983. The van der Waals surface area contributed by atoms with Crippen molar-refractivity contribution in [2.75, 3.05) is 44.5 Å². The predicted molar refractivity (Wildman–Crippen MR) is 115 cm³/mol. The van der Waals surface area contributed by atoms with Crippen LogP contribution in [0, 0.1) is 0 Å². The smallest absolute Gasteiger partial charge is 0.418 e. The molecule has 0 unspecified atom stereocenters. The summed E-state index contributed by atoms with van der Waals surface area (Å²) < 4.78 is 49.6. The van der Waals surface area contributed by atoms with Crippen molar-refractivity contribution in [1.82, 2.24) is 4.90 Å². The number of nitrogens with zero attached hydrogens (tertiary/aromatic N) is 1. The molecule has 0 saturated heterocycles. The van der Waals surface area contributed by atoms with Gasteiger partial charge in [0, 0.05) is 6.07 Å². The van der Waals surface area contributed by atoms with Crippen LogP contribution in [0.1, 0.15) is 12.5 Å². The van der Waals surface area contributed by atoms with Gasteiger partial charge >= 0.3 is 6.18 Å². The van der Waals surface area contributed by atoms with Gasteiger partial charge in [-0.1, -0.05) is 30.7 Å². The first-order valence-corrected chi connectivity index (χ1v) is 9.86. The quantitative estimate of drug-likeness (QED) is 0.568. The number of rotatable bonds is 9. The van der Waals surface area contributed by atoms with Crippen molar-refractivity contribution < 1.29 is 32.2 Å². The number of likely N-dealkylation sites (N-methyl/N-ethyl adjacent to an activating group) is 1. The van der Waals surface area contributed by atoms with Crippen molar-refractivity contribution in [3.63, 3.8) is 0 Å². The second-order valence-corrected chi connectivity index (χ2v) is 7.04. The number of para-hydroxylation sites is 1. The average molecular weight is 474 g/mol. The summed E-state index contributed by atoms with van der Waals surface area (Å²) in [4.78, 5) is 26.3. The van der Waals surface area contributed by atoms with Gasteiger partial charge in [-0.3, -0.25) is 14.5 Å². The third-order valence-corrected chi connectivity index (χ3v) is 4.73. The minimum Gasteiger partial charge on any atom is -0.495 e. The molecule has 0 saturated carbocycles. The Hall–Kier alpha value is -2.98. The third-order valence-electron chi connectivity index (χ3n) is 4.44. The Morgan fingerprint density at radius 1 is 0.969 bits per heavy atom. The molecule has 0 radical (unpaired) electrons. The van der Waals surface area contributed by atoms with E-state index in [-0.39, 0.29) is 23.8 Å². The summed E-state index contributed by atoms with van der Waals surface area (Å²) in [5.74, 6) is -0.451. The summed E-state index contributed by atoms with van der Waals surface area (Å²) in [6.45, 7) is 1.56. The number of hydrogen-bond donors (Lipinski definition) is 2. The van der Waals surface area contributed by atoms with Gasteiger partial charge in [0.1, 0.15) is 11.5 Å². The predicted octanol–water partition coefficient (Wildman–Crippen LogP) is 4.28. The minimum atomic E-state index is -4.60. The second kappa shape index (κ2) is 11.1. The highest BCUT2D eigenvalue weighted by Gasteiger charge is 2.33. The monoisotopic (exact) mass is 473 g/mol. The number of halogens is 4. The lowest BCUT2D eigenvalue weighted by Crippen LogP contribution is -2.38. The Morgan fingerprint density at radius 2 is 1.53 bits per heavy atom. The molecule has 0 aromatic heterocycles. The number of methoxy groups -OCH3 is 2. The van der Waals surface area contributed by atoms with Gasteiger partial charge in [-0.25, -0.2) is 0 Å². The lowest BCUT2D eigenvalue weighted by molar-refractivity contribution is -0.137. The van der Waals surface area contributed by atoms with Crippen molar-refractivity contribution in [2.24, 2.45) is 0 Å². The first-order valence-electron chi connectivity index (χ1n) is 9.48. The summed E-state index contributed by atoms with van der Waals surface area (Å²) in [7, 11) is 2.86. The van der Waals surface area contributed by atoms with Crippen LogP contribution in [-0.2, 0) is 15.8 Å². The maximum Gasteiger partial charge on any atom is 0.418 e. The van der Waals surface area contributed by atoms with Crippen LogP contribution in [0.25, 0.3) is 0 Å². The summed E-state index contributed by atoms with van der Waals surface area (Å²) in [6.07, 6.45) is -4.60. The zero-order chi connectivity index (χ0) is 23.9. The Labute approximate surface area is 188 Å². The fraction of sp³-hybridized carbons (Fsp3) is 0.333. The van der Waals surface area contributed by atoms with Gasteiger partial charge in [0.25, 0.3) is 0 Å². The molecule has 0 fully saturated rings. The van der Waals surface area contributed by atoms with E-state index in [1.807, 2.05) is 0 Å². The first kappa shape index (κ1) is 25.3. The van der Waals surface area contributed by atoms with Crippen LogP contribution >= 0.6 is 11.6 Å². The molecular weight excluding hydrogens is 451 g/mol. The molecule has 0 aliphatic rings. The number of amides is 2. The molecule has 0 heterocycles. The number of carbonyl (C=O) groups is 2.